The monoisotopic (exact) mass is 279 g/mol. The van der Waals surface area contributed by atoms with Crippen molar-refractivity contribution >= 4 is 10.9 Å². The molecule has 0 aliphatic rings. The van der Waals surface area contributed by atoms with Crippen LogP contribution in [0.1, 0.15) is 17.2 Å². The number of fused-ring (bicyclic) bond motifs is 1. The van der Waals surface area contributed by atoms with Gasteiger partial charge in [0.25, 0.3) is 0 Å². The van der Waals surface area contributed by atoms with Crippen LogP contribution in [0.4, 0.5) is 0 Å². The minimum Gasteiger partial charge on any atom is -0.490 e. The number of pyridine rings is 1. The van der Waals surface area contributed by atoms with E-state index in [1.54, 1.807) is 6.20 Å². The molecule has 1 aromatic heterocycles. The molecule has 3 nitrogen and oxygen atoms in total. The van der Waals surface area contributed by atoms with Crippen LogP contribution in [0.2, 0.25) is 0 Å². The molecule has 2 aromatic carbocycles. The van der Waals surface area contributed by atoms with Gasteiger partial charge in [-0.15, -0.1) is 0 Å². The maximum absolute atomic E-state index is 10.2. The Morgan fingerprint density at radius 3 is 2.81 bits per heavy atom. The molecule has 106 valence electrons. The van der Waals surface area contributed by atoms with Gasteiger partial charge in [0.2, 0.25) is 0 Å². The number of aryl methyl sites for hydroxylation is 1. The zero-order valence-electron chi connectivity index (χ0n) is 11.9. The van der Waals surface area contributed by atoms with Gasteiger partial charge in [0.1, 0.15) is 18.5 Å². The normalized spacial score (nSPS) is 12.3. The molecule has 0 spiro atoms. The summed E-state index contributed by atoms with van der Waals surface area (Å²) in [7, 11) is 0. The summed E-state index contributed by atoms with van der Waals surface area (Å²) in [6.07, 6.45) is 1.12. The predicted octanol–water partition coefficient (Wildman–Crippen LogP) is 3.66. The van der Waals surface area contributed by atoms with Crippen molar-refractivity contribution in [3.05, 3.63) is 71.9 Å². The van der Waals surface area contributed by atoms with Crippen molar-refractivity contribution in [1.29, 1.82) is 0 Å². The molecule has 1 N–H and O–H groups in total. The first-order valence-corrected chi connectivity index (χ1v) is 6.95. The van der Waals surface area contributed by atoms with Gasteiger partial charge in [-0.05, 0) is 36.8 Å². The Balaban J connectivity index is 1.77. The van der Waals surface area contributed by atoms with Crippen LogP contribution in [-0.2, 0) is 0 Å². The highest BCUT2D eigenvalue weighted by Crippen LogP contribution is 2.25. The van der Waals surface area contributed by atoms with Crippen LogP contribution in [0.3, 0.4) is 0 Å². The molecule has 1 heterocycles. The van der Waals surface area contributed by atoms with Crippen LogP contribution in [0.5, 0.6) is 5.75 Å². The van der Waals surface area contributed by atoms with E-state index in [9.17, 15) is 5.11 Å². The van der Waals surface area contributed by atoms with E-state index in [0.29, 0.717) is 0 Å². The summed E-state index contributed by atoms with van der Waals surface area (Å²) >= 11 is 0. The highest BCUT2D eigenvalue weighted by atomic mass is 16.5. The van der Waals surface area contributed by atoms with Crippen LogP contribution in [0.15, 0.2) is 60.8 Å². The molecule has 0 amide bonds. The van der Waals surface area contributed by atoms with E-state index in [2.05, 4.69) is 4.98 Å². The van der Waals surface area contributed by atoms with Crippen LogP contribution in [0, 0.1) is 6.92 Å². The van der Waals surface area contributed by atoms with Crippen LogP contribution >= 0.6 is 0 Å². The van der Waals surface area contributed by atoms with Crippen molar-refractivity contribution in [2.75, 3.05) is 6.61 Å². The van der Waals surface area contributed by atoms with E-state index in [1.165, 1.54) is 0 Å². The summed E-state index contributed by atoms with van der Waals surface area (Å²) in [4.78, 5) is 4.30. The smallest absolute Gasteiger partial charge is 0.128 e. The van der Waals surface area contributed by atoms with Gasteiger partial charge in [0.05, 0.1) is 5.52 Å². The number of aliphatic hydroxyl groups excluding tert-OH is 1. The van der Waals surface area contributed by atoms with E-state index in [1.807, 2.05) is 61.5 Å². The lowest BCUT2D eigenvalue weighted by Gasteiger charge is -2.14. The fourth-order valence-electron chi connectivity index (χ4n) is 2.34. The summed E-state index contributed by atoms with van der Waals surface area (Å²) in [6, 6.07) is 17.4. The molecule has 0 fully saturated rings. The van der Waals surface area contributed by atoms with Gasteiger partial charge in [-0.1, -0.05) is 35.9 Å². The van der Waals surface area contributed by atoms with Crippen LogP contribution in [0.25, 0.3) is 10.9 Å². The summed E-state index contributed by atoms with van der Waals surface area (Å²) in [5.41, 5.74) is 2.88. The molecular formula is C18H17NO2. The summed E-state index contributed by atoms with van der Waals surface area (Å²) in [5, 5.41) is 11.2. The lowest BCUT2D eigenvalue weighted by molar-refractivity contribution is 0.109. The quantitative estimate of drug-likeness (QED) is 0.792. The number of benzene rings is 2. The van der Waals surface area contributed by atoms with Crippen molar-refractivity contribution in [3.63, 3.8) is 0 Å². The van der Waals surface area contributed by atoms with Gasteiger partial charge >= 0.3 is 0 Å². The van der Waals surface area contributed by atoms with Gasteiger partial charge in [0.15, 0.2) is 0 Å². The van der Waals surface area contributed by atoms with E-state index in [0.717, 1.165) is 27.8 Å². The third kappa shape index (κ3) is 3.03. The standard InChI is InChI=1S/C18H17NO2/c1-13-5-2-6-14(11-13)17(20)12-21-18-9-3-8-16-15(18)7-4-10-19-16/h2-11,17,20H,12H2,1H3. The summed E-state index contributed by atoms with van der Waals surface area (Å²) < 4.78 is 5.79. The average molecular weight is 279 g/mol. The number of hydrogen-bond donors (Lipinski definition) is 1. The second-order valence-electron chi connectivity index (χ2n) is 5.07. The van der Waals surface area contributed by atoms with Crippen molar-refractivity contribution in [2.45, 2.75) is 13.0 Å². The third-order valence-electron chi connectivity index (χ3n) is 3.43. The Labute approximate surface area is 123 Å². The van der Waals surface area contributed by atoms with E-state index in [-0.39, 0.29) is 6.61 Å². The van der Waals surface area contributed by atoms with Gasteiger partial charge in [-0.25, -0.2) is 0 Å². The molecule has 0 aliphatic carbocycles. The largest absolute Gasteiger partial charge is 0.490 e. The molecule has 0 saturated heterocycles. The minimum absolute atomic E-state index is 0.220. The van der Waals surface area contributed by atoms with Crippen molar-refractivity contribution < 1.29 is 9.84 Å². The number of hydrogen-bond acceptors (Lipinski definition) is 3. The molecule has 0 aliphatic heterocycles. The van der Waals surface area contributed by atoms with Crippen LogP contribution < -0.4 is 4.74 Å². The topological polar surface area (TPSA) is 42.4 Å². The highest BCUT2D eigenvalue weighted by molar-refractivity contribution is 5.84. The number of aromatic nitrogens is 1. The number of rotatable bonds is 4. The fraction of sp³-hybridized carbons (Fsp3) is 0.167. The molecule has 3 heteroatoms. The predicted molar refractivity (Wildman–Crippen MR) is 83.4 cm³/mol. The molecular weight excluding hydrogens is 262 g/mol. The minimum atomic E-state index is -0.642. The maximum atomic E-state index is 10.2. The first kappa shape index (κ1) is 13.6. The van der Waals surface area contributed by atoms with E-state index in [4.69, 9.17) is 4.74 Å². The summed E-state index contributed by atoms with van der Waals surface area (Å²) in [5.74, 6) is 0.743. The Bertz CT molecular complexity index is 750. The molecule has 0 radical (unpaired) electrons. The Morgan fingerprint density at radius 1 is 1.10 bits per heavy atom. The average Bonchev–Trinajstić information content (AvgIpc) is 2.52. The van der Waals surface area contributed by atoms with Gasteiger partial charge in [-0.3, -0.25) is 4.98 Å². The van der Waals surface area contributed by atoms with Crippen molar-refractivity contribution in [2.24, 2.45) is 0 Å². The second-order valence-corrected chi connectivity index (χ2v) is 5.07. The molecule has 0 saturated carbocycles. The van der Waals surface area contributed by atoms with Gasteiger partial charge in [0, 0.05) is 11.6 Å². The Kier molecular flexibility index (Phi) is 3.84. The zero-order chi connectivity index (χ0) is 14.7. The SMILES string of the molecule is Cc1cccc(C(O)COc2cccc3ncccc23)c1. The molecule has 3 rings (SSSR count). The first-order valence-electron chi connectivity index (χ1n) is 6.95. The van der Waals surface area contributed by atoms with Gasteiger partial charge in [-0.2, -0.15) is 0 Å². The summed E-state index contributed by atoms with van der Waals surface area (Å²) in [6.45, 7) is 2.23. The lowest BCUT2D eigenvalue weighted by atomic mass is 10.1. The lowest BCUT2D eigenvalue weighted by Crippen LogP contribution is -2.10. The maximum Gasteiger partial charge on any atom is 0.128 e. The number of aliphatic hydroxyl groups is 1. The molecule has 0 bridgehead atoms. The second kappa shape index (κ2) is 5.94. The highest BCUT2D eigenvalue weighted by Gasteiger charge is 2.10. The molecule has 21 heavy (non-hydrogen) atoms. The fourth-order valence-corrected chi connectivity index (χ4v) is 2.34. The molecule has 1 atom stereocenters. The van der Waals surface area contributed by atoms with E-state index < -0.39 is 6.10 Å². The zero-order valence-corrected chi connectivity index (χ0v) is 11.9. The number of ether oxygens (including phenoxy) is 1. The molecule has 1 unspecified atom stereocenters. The van der Waals surface area contributed by atoms with E-state index >= 15 is 0 Å². The molecule has 3 aromatic rings. The number of nitrogens with zero attached hydrogens (tertiary/aromatic N) is 1. The van der Waals surface area contributed by atoms with Crippen molar-refractivity contribution in [1.82, 2.24) is 4.98 Å². The van der Waals surface area contributed by atoms with Crippen LogP contribution in [-0.4, -0.2) is 16.7 Å². The first-order chi connectivity index (χ1) is 10.2. The Hall–Kier alpha value is -2.39. The van der Waals surface area contributed by atoms with Gasteiger partial charge < -0.3 is 9.84 Å². The third-order valence-corrected chi connectivity index (χ3v) is 3.43. The Morgan fingerprint density at radius 2 is 1.95 bits per heavy atom. The van der Waals surface area contributed by atoms with Crippen molar-refractivity contribution in [3.8, 4) is 5.75 Å².